The van der Waals surface area contributed by atoms with Crippen molar-refractivity contribution in [3.63, 3.8) is 0 Å². The SMILES string of the molecule is CCSCCCNC(C)c1ccc(C)cc1. The molecule has 16 heavy (non-hydrogen) atoms. The normalized spacial score (nSPS) is 12.7. The Balaban J connectivity index is 2.24. The van der Waals surface area contributed by atoms with E-state index < -0.39 is 0 Å². The van der Waals surface area contributed by atoms with Crippen LogP contribution in [0.25, 0.3) is 0 Å². The van der Waals surface area contributed by atoms with Gasteiger partial charge in [-0.1, -0.05) is 36.8 Å². The van der Waals surface area contributed by atoms with E-state index in [-0.39, 0.29) is 0 Å². The minimum atomic E-state index is 0.465. The van der Waals surface area contributed by atoms with Crippen LogP contribution in [0.3, 0.4) is 0 Å². The van der Waals surface area contributed by atoms with Crippen molar-refractivity contribution in [3.05, 3.63) is 35.4 Å². The van der Waals surface area contributed by atoms with Crippen molar-refractivity contribution in [2.45, 2.75) is 33.2 Å². The van der Waals surface area contributed by atoms with Crippen LogP contribution >= 0.6 is 11.8 Å². The summed E-state index contributed by atoms with van der Waals surface area (Å²) in [5.74, 6) is 2.50. The molecule has 1 atom stereocenters. The van der Waals surface area contributed by atoms with E-state index in [9.17, 15) is 0 Å². The van der Waals surface area contributed by atoms with Crippen LogP contribution in [0.1, 0.15) is 37.4 Å². The highest BCUT2D eigenvalue weighted by atomic mass is 32.2. The van der Waals surface area contributed by atoms with Gasteiger partial charge in [0.15, 0.2) is 0 Å². The predicted octanol–water partition coefficient (Wildman–Crippen LogP) is 3.79. The molecule has 0 spiro atoms. The average molecular weight is 237 g/mol. The van der Waals surface area contributed by atoms with Crippen LogP contribution in [0.2, 0.25) is 0 Å². The van der Waals surface area contributed by atoms with Crippen LogP contribution in [0.15, 0.2) is 24.3 Å². The molecule has 0 radical (unpaired) electrons. The summed E-state index contributed by atoms with van der Waals surface area (Å²) in [4.78, 5) is 0. The second-order valence-electron chi connectivity index (χ2n) is 4.14. The minimum Gasteiger partial charge on any atom is -0.310 e. The number of aryl methyl sites for hydroxylation is 1. The number of nitrogens with one attached hydrogen (secondary N) is 1. The third-order valence-electron chi connectivity index (χ3n) is 2.70. The van der Waals surface area contributed by atoms with Crippen molar-refractivity contribution in [2.24, 2.45) is 0 Å². The monoisotopic (exact) mass is 237 g/mol. The highest BCUT2D eigenvalue weighted by Crippen LogP contribution is 2.13. The Kier molecular flexibility index (Phi) is 6.58. The Morgan fingerprint density at radius 1 is 1.25 bits per heavy atom. The third-order valence-corrected chi connectivity index (χ3v) is 3.68. The topological polar surface area (TPSA) is 12.0 Å². The Hall–Kier alpha value is -0.470. The van der Waals surface area contributed by atoms with Gasteiger partial charge in [-0.15, -0.1) is 0 Å². The number of benzene rings is 1. The first-order chi connectivity index (χ1) is 7.74. The largest absolute Gasteiger partial charge is 0.310 e. The maximum absolute atomic E-state index is 3.56. The Bertz CT molecular complexity index is 281. The fraction of sp³-hybridized carbons (Fsp3) is 0.571. The van der Waals surface area contributed by atoms with E-state index in [0.717, 1.165) is 6.54 Å². The van der Waals surface area contributed by atoms with Crippen LogP contribution in [-0.4, -0.2) is 18.1 Å². The van der Waals surface area contributed by atoms with E-state index in [2.05, 4.69) is 50.4 Å². The molecule has 0 saturated heterocycles. The van der Waals surface area contributed by atoms with Gasteiger partial charge in [0, 0.05) is 6.04 Å². The molecule has 0 amide bonds. The van der Waals surface area contributed by atoms with Crippen molar-refractivity contribution in [2.75, 3.05) is 18.1 Å². The van der Waals surface area contributed by atoms with Crippen LogP contribution in [0.4, 0.5) is 0 Å². The quantitative estimate of drug-likeness (QED) is 0.724. The molecule has 0 aliphatic rings. The average Bonchev–Trinajstić information content (AvgIpc) is 2.29. The second kappa shape index (κ2) is 7.75. The lowest BCUT2D eigenvalue weighted by Crippen LogP contribution is -2.20. The van der Waals surface area contributed by atoms with Gasteiger partial charge in [0.2, 0.25) is 0 Å². The summed E-state index contributed by atoms with van der Waals surface area (Å²) in [6, 6.07) is 9.26. The lowest BCUT2D eigenvalue weighted by atomic mass is 10.1. The molecule has 0 saturated carbocycles. The van der Waals surface area contributed by atoms with E-state index in [1.807, 2.05) is 11.8 Å². The first-order valence-electron chi connectivity index (χ1n) is 6.11. The lowest BCUT2D eigenvalue weighted by molar-refractivity contribution is 0.572. The predicted molar refractivity (Wildman–Crippen MR) is 75.2 cm³/mol. The molecule has 0 bridgehead atoms. The summed E-state index contributed by atoms with van der Waals surface area (Å²) in [6.07, 6.45) is 1.26. The van der Waals surface area contributed by atoms with Crippen LogP contribution < -0.4 is 5.32 Å². The third kappa shape index (κ3) is 5.04. The molecule has 0 aromatic heterocycles. The highest BCUT2D eigenvalue weighted by molar-refractivity contribution is 7.99. The lowest BCUT2D eigenvalue weighted by Gasteiger charge is -2.14. The molecule has 0 fully saturated rings. The summed E-state index contributed by atoms with van der Waals surface area (Å²) >= 11 is 2.02. The molecule has 1 rings (SSSR count). The Labute approximate surface area is 104 Å². The molecule has 90 valence electrons. The van der Waals surface area contributed by atoms with Crippen molar-refractivity contribution in [1.29, 1.82) is 0 Å². The maximum Gasteiger partial charge on any atom is 0.0291 e. The molecule has 1 aromatic carbocycles. The second-order valence-corrected chi connectivity index (χ2v) is 5.53. The fourth-order valence-corrected chi connectivity index (χ4v) is 2.25. The molecule has 1 nitrogen and oxygen atoms in total. The number of hydrogen-bond acceptors (Lipinski definition) is 2. The smallest absolute Gasteiger partial charge is 0.0291 e. The minimum absolute atomic E-state index is 0.465. The zero-order chi connectivity index (χ0) is 11.8. The molecule has 2 heteroatoms. The molecular formula is C14H23NS. The molecule has 1 aromatic rings. The number of hydrogen-bond donors (Lipinski definition) is 1. The summed E-state index contributed by atoms with van der Waals surface area (Å²) in [6.45, 7) is 7.69. The van der Waals surface area contributed by atoms with Gasteiger partial charge >= 0.3 is 0 Å². The zero-order valence-corrected chi connectivity index (χ0v) is 11.4. The summed E-state index contributed by atoms with van der Waals surface area (Å²) in [7, 11) is 0. The summed E-state index contributed by atoms with van der Waals surface area (Å²) in [5.41, 5.74) is 2.71. The van der Waals surface area contributed by atoms with Crippen LogP contribution in [-0.2, 0) is 0 Å². The summed E-state index contributed by atoms with van der Waals surface area (Å²) < 4.78 is 0. The van der Waals surface area contributed by atoms with Crippen LogP contribution in [0, 0.1) is 6.92 Å². The van der Waals surface area contributed by atoms with Gasteiger partial charge in [-0.25, -0.2) is 0 Å². The molecule has 1 N–H and O–H groups in total. The van der Waals surface area contributed by atoms with Gasteiger partial charge in [0.25, 0.3) is 0 Å². The Morgan fingerprint density at radius 2 is 1.94 bits per heavy atom. The van der Waals surface area contributed by atoms with Gasteiger partial charge in [0.05, 0.1) is 0 Å². The number of thioether (sulfide) groups is 1. The fourth-order valence-electron chi connectivity index (χ4n) is 1.61. The van der Waals surface area contributed by atoms with E-state index in [0.29, 0.717) is 6.04 Å². The molecular weight excluding hydrogens is 214 g/mol. The van der Waals surface area contributed by atoms with Gasteiger partial charge in [-0.2, -0.15) is 11.8 Å². The van der Waals surface area contributed by atoms with Gasteiger partial charge in [-0.05, 0) is 43.9 Å². The van der Waals surface area contributed by atoms with Crippen molar-refractivity contribution < 1.29 is 0 Å². The van der Waals surface area contributed by atoms with Crippen molar-refractivity contribution in [1.82, 2.24) is 5.32 Å². The zero-order valence-electron chi connectivity index (χ0n) is 10.6. The molecule has 0 aliphatic carbocycles. The van der Waals surface area contributed by atoms with Crippen molar-refractivity contribution in [3.8, 4) is 0 Å². The molecule has 0 heterocycles. The van der Waals surface area contributed by atoms with E-state index >= 15 is 0 Å². The highest BCUT2D eigenvalue weighted by Gasteiger charge is 2.02. The Morgan fingerprint density at radius 3 is 2.56 bits per heavy atom. The van der Waals surface area contributed by atoms with Gasteiger partial charge in [0.1, 0.15) is 0 Å². The summed E-state index contributed by atoms with van der Waals surface area (Å²) in [5, 5.41) is 3.56. The van der Waals surface area contributed by atoms with E-state index in [4.69, 9.17) is 0 Å². The molecule has 0 aliphatic heterocycles. The maximum atomic E-state index is 3.56. The first kappa shape index (κ1) is 13.6. The number of rotatable bonds is 7. The van der Waals surface area contributed by atoms with Gasteiger partial charge in [-0.3, -0.25) is 0 Å². The van der Waals surface area contributed by atoms with Crippen molar-refractivity contribution >= 4 is 11.8 Å². The van der Waals surface area contributed by atoms with E-state index in [1.54, 1.807) is 0 Å². The van der Waals surface area contributed by atoms with Crippen LogP contribution in [0.5, 0.6) is 0 Å². The molecule has 1 unspecified atom stereocenters. The van der Waals surface area contributed by atoms with E-state index in [1.165, 1.54) is 29.1 Å². The first-order valence-corrected chi connectivity index (χ1v) is 7.27. The van der Waals surface area contributed by atoms with Gasteiger partial charge < -0.3 is 5.32 Å². The standard InChI is InChI=1S/C14H23NS/c1-4-16-11-5-10-15-13(3)14-8-6-12(2)7-9-14/h6-9,13,15H,4-5,10-11H2,1-3H3.